The average Bonchev–Trinajstić information content (AvgIpc) is 2.78. The third-order valence-electron chi connectivity index (χ3n) is 2.99. The van der Waals surface area contributed by atoms with Gasteiger partial charge < -0.3 is 10.1 Å². The van der Waals surface area contributed by atoms with Crippen molar-refractivity contribution in [2.75, 3.05) is 7.11 Å². The molecule has 0 fully saturated rings. The van der Waals surface area contributed by atoms with Crippen LogP contribution in [0, 0.1) is 6.92 Å². The highest BCUT2D eigenvalue weighted by atomic mass is 32.1. The predicted octanol–water partition coefficient (Wildman–Crippen LogP) is 3.49. The van der Waals surface area contributed by atoms with Crippen LogP contribution in [0.3, 0.4) is 0 Å². The van der Waals surface area contributed by atoms with Crippen molar-refractivity contribution in [1.82, 2.24) is 5.32 Å². The van der Waals surface area contributed by atoms with Crippen LogP contribution in [-0.2, 0) is 24.4 Å². The average molecular weight is 261 g/mol. The van der Waals surface area contributed by atoms with Gasteiger partial charge in [0.05, 0.1) is 6.61 Å². The van der Waals surface area contributed by atoms with Crippen LogP contribution in [0.25, 0.3) is 0 Å². The van der Waals surface area contributed by atoms with Crippen molar-refractivity contribution in [3.8, 4) is 0 Å². The summed E-state index contributed by atoms with van der Waals surface area (Å²) in [6.07, 6.45) is 0. The minimum absolute atomic E-state index is 0.676. The van der Waals surface area contributed by atoms with E-state index in [2.05, 4.69) is 48.0 Å². The van der Waals surface area contributed by atoms with Gasteiger partial charge in [-0.3, -0.25) is 0 Å². The molecule has 96 valence electrons. The Labute approximate surface area is 113 Å². The van der Waals surface area contributed by atoms with Gasteiger partial charge in [0.15, 0.2) is 0 Å². The number of hydrogen-bond acceptors (Lipinski definition) is 3. The van der Waals surface area contributed by atoms with E-state index in [-0.39, 0.29) is 0 Å². The van der Waals surface area contributed by atoms with Crippen LogP contribution in [-0.4, -0.2) is 7.11 Å². The summed E-state index contributed by atoms with van der Waals surface area (Å²) in [5.41, 5.74) is 3.95. The number of hydrogen-bond donors (Lipinski definition) is 1. The zero-order chi connectivity index (χ0) is 12.8. The van der Waals surface area contributed by atoms with Crippen molar-refractivity contribution < 1.29 is 4.74 Å². The summed E-state index contributed by atoms with van der Waals surface area (Å²) in [5.74, 6) is 0. The molecule has 1 aromatic carbocycles. The topological polar surface area (TPSA) is 21.3 Å². The highest BCUT2D eigenvalue weighted by molar-refractivity contribution is 7.10. The van der Waals surface area contributed by atoms with Crippen LogP contribution >= 0.6 is 11.3 Å². The fraction of sp³-hybridized carbons (Fsp3) is 0.333. The van der Waals surface area contributed by atoms with E-state index >= 15 is 0 Å². The zero-order valence-corrected chi connectivity index (χ0v) is 11.7. The number of rotatable bonds is 6. The highest BCUT2D eigenvalue weighted by Crippen LogP contribution is 2.15. The molecule has 0 atom stereocenters. The molecule has 1 heterocycles. The lowest BCUT2D eigenvalue weighted by molar-refractivity contribution is 0.184. The van der Waals surface area contributed by atoms with E-state index in [1.165, 1.54) is 21.6 Å². The van der Waals surface area contributed by atoms with Crippen LogP contribution in [0.5, 0.6) is 0 Å². The number of thiophene rings is 1. The molecule has 0 saturated heterocycles. The van der Waals surface area contributed by atoms with Gasteiger partial charge in [-0.2, -0.15) is 0 Å². The Hall–Kier alpha value is -1.16. The molecule has 2 nitrogen and oxygen atoms in total. The second-order valence-corrected chi connectivity index (χ2v) is 5.33. The lowest BCUT2D eigenvalue weighted by Crippen LogP contribution is -2.14. The third kappa shape index (κ3) is 3.42. The summed E-state index contributed by atoms with van der Waals surface area (Å²) < 4.78 is 5.21. The molecular formula is C15H19NOS. The molecule has 0 aliphatic carbocycles. The molecular weight excluding hydrogens is 242 g/mol. The molecule has 0 bridgehead atoms. The van der Waals surface area contributed by atoms with E-state index in [1.54, 1.807) is 7.11 Å². The molecule has 0 unspecified atom stereocenters. The van der Waals surface area contributed by atoms with Crippen molar-refractivity contribution in [2.45, 2.75) is 26.6 Å². The minimum Gasteiger partial charge on any atom is -0.380 e. The Morgan fingerprint density at radius 2 is 1.89 bits per heavy atom. The molecule has 3 heteroatoms. The number of methoxy groups -OCH3 is 1. The van der Waals surface area contributed by atoms with Gasteiger partial charge in [0.1, 0.15) is 0 Å². The number of nitrogens with one attached hydrogen (secondary N) is 1. The van der Waals surface area contributed by atoms with Crippen LogP contribution < -0.4 is 5.32 Å². The molecule has 18 heavy (non-hydrogen) atoms. The third-order valence-corrected chi connectivity index (χ3v) is 4.01. The molecule has 2 aromatic rings. The van der Waals surface area contributed by atoms with Crippen molar-refractivity contribution in [3.63, 3.8) is 0 Å². The molecule has 1 aromatic heterocycles. The van der Waals surface area contributed by atoms with E-state index in [0.29, 0.717) is 6.61 Å². The molecule has 0 saturated carbocycles. The Morgan fingerprint density at radius 1 is 1.11 bits per heavy atom. The first kappa shape index (κ1) is 13.3. The van der Waals surface area contributed by atoms with Crippen LogP contribution in [0.1, 0.15) is 21.6 Å². The van der Waals surface area contributed by atoms with E-state index < -0.39 is 0 Å². The molecule has 0 radical (unpaired) electrons. The maximum atomic E-state index is 5.21. The summed E-state index contributed by atoms with van der Waals surface area (Å²) in [4.78, 5) is 1.42. The summed E-state index contributed by atoms with van der Waals surface area (Å²) in [6, 6.07) is 10.6. The normalized spacial score (nSPS) is 10.8. The first-order valence-corrected chi connectivity index (χ1v) is 6.98. The fourth-order valence-electron chi connectivity index (χ4n) is 1.92. The molecule has 0 amide bonds. The zero-order valence-electron chi connectivity index (χ0n) is 10.9. The van der Waals surface area contributed by atoms with Crippen molar-refractivity contribution in [2.24, 2.45) is 0 Å². The van der Waals surface area contributed by atoms with Gasteiger partial charge in [-0.05, 0) is 35.1 Å². The first-order valence-electron chi connectivity index (χ1n) is 6.10. The maximum absolute atomic E-state index is 5.21. The van der Waals surface area contributed by atoms with Crippen molar-refractivity contribution >= 4 is 11.3 Å². The first-order chi connectivity index (χ1) is 8.81. The van der Waals surface area contributed by atoms with Crippen LogP contribution in [0.15, 0.2) is 35.7 Å². The molecule has 0 aliphatic rings. The highest BCUT2D eigenvalue weighted by Gasteiger charge is 2.02. The molecule has 2 rings (SSSR count). The van der Waals surface area contributed by atoms with Gasteiger partial charge in [-0.25, -0.2) is 0 Å². The van der Waals surface area contributed by atoms with Crippen LogP contribution in [0.2, 0.25) is 0 Å². The lowest BCUT2D eigenvalue weighted by Gasteiger charge is -2.09. The van der Waals surface area contributed by atoms with Crippen molar-refractivity contribution in [1.29, 1.82) is 0 Å². The van der Waals surface area contributed by atoms with Gasteiger partial charge in [-0.15, -0.1) is 11.3 Å². The van der Waals surface area contributed by atoms with Gasteiger partial charge in [-0.1, -0.05) is 24.3 Å². The SMILES string of the molecule is COCc1ccccc1CNCc1sccc1C. The summed E-state index contributed by atoms with van der Waals surface area (Å²) in [6.45, 7) is 4.66. The van der Waals surface area contributed by atoms with Crippen LogP contribution in [0.4, 0.5) is 0 Å². The lowest BCUT2D eigenvalue weighted by atomic mass is 10.1. The largest absolute Gasteiger partial charge is 0.380 e. The standard InChI is InChI=1S/C15H19NOS/c1-12-7-8-18-15(12)10-16-9-13-5-3-4-6-14(13)11-17-2/h3-8,16H,9-11H2,1-2H3. The fourth-order valence-corrected chi connectivity index (χ4v) is 2.80. The second kappa shape index (κ2) is 6.69. The monoisotopic (exact) mass is 261 g/mol. The Kier molecular flexibility index (Phi) is 4.93. The number of ether oxygens (including phenoxy) is 1. The minimum atomic E-state index is 0.676. The smallest absolute Gasteiger partial charge is 0.0716 e. The van der Waals surface area contributed by atoms with Gasteiger partial charge >= 0.3 is 0 Å². The molecule has 0 spiro atoms. The summed E-state index contributed by atoms with van der Waals surface area (Å²) in [5, 5.41) is 5.64. The van der Waals surface area contributed by atoms with E-state index in [1.807, 2.05) is 11.3 Å². The summed E-state index contributed by atoms with van der Waals surface area (Å²) >= 11 is 1.81. The number of benzene rings is 1. The van der Waals surface area contributed by atoms with E-state index in [4.69, 9.17) is 4.74 Å². The van der Waals surface area contributed by atoms with Gasteiger partial charge in [0, 0.05) is 25.1 Å². The summed E-state index contributed by atoms with van der Waals surface area (Å²) in [7, 11) is 1.74. The van der Waals surface area contributed by atoms with E-state index in [9.17, 15) is 0 Å². The second-order valence-electron chi connectivity index (χ2n) is 4.33. The maximum Gasteiger partial charge on any atom is 0.0716 e. The molecule has 1 N–H and O–H groups in total. The number of aryl methyl sites for hydroxylation is 1. The van der Waals surface area contributed by atoms with Crippen molar-refractivity contribution in [3.05, 3.63) is 57.3 Å². The van der Waals surface area contributed by atoms with E-state index in [0.717, 1.165) is 13.1 Å². The van der Waals surface area contributed by atoms with Gasteiger partial charge in [0.25, 0.3) is 0 Å². The Bertz CT molecular complexity index is 493. The Balaban J connectivity index is 1.92. The van der Waals surface area contributed by atoms with Gasteiger partial charge in [0.2, 0.25) is 0 Å². The molecule has 0 aliphatic heterocycles. The Morgan fingerprint density at radius 3 is 2.56 bits per heavy atom. The quantitative estimate of drug-likeness (QED) is 0.859. The predicted molar refractivity (Wildman–Crippen MR) is 76.8 cm³/mol.